The van der Waals surface area contributed by atoms with E-state index in [1.807, 2.05) is 6.07 Å². The van der Waals surface area contributed by atoms with E-state index in [0.29, 0.717) is 25.3 Å². The topological polar surface area (TPSA) is 61.8 Å². The largest absolute Gasteiger partial charge is 0.508 e. The third-order valence-electron chi connectivity index (χ3n) is 3.01. The van der Waals surface area contributed by atoms with Gasteiger partial charge in [-0.3, -0.25) is 4.79 Å². The Bertz CT molecular complexity index is 446. The third-order valence-corrected chi connectivity index (χ3v) is 3.01. The Balaban J connectivity index is 1.88. The molecule has 0 saturated heterocycles. The molecule has 5 nitrogen and oxygen atoms in total. The van der Waals surface area contributed by atoms with Crippen LogP contribution in [0.5, 0.6) is 11.5 Å². The van der Waals surface area contributed by atoms with Gasteiger partial charge in [0, 0.05) is 38.7 Å². The van der Waals surface area contributed by atoms with Crippen molar-refractivity contribution in [2.75, 3.05) is 27.2 Å². The minimum Gasteiger partial charge on any atom is -0.508 e. The highest BCUT2D eigenvalue weighted by Crippen LogP contribution is 2.34. The summed E-state index contributed by atoms with van der Waals surface area (Å²) in [6.45, 7) is 1.15. The molecule has 2 N–H and O–H groups in total. The van der Waals surface area contributed by atoms with Gasteiger partial charge < -0.3 is 20.1 Å². The number of rotatable bonds is 4. The summed E-state index contributed by atoms with van der Waals surface area (Å²) in [7, 11) is 3.50. The van der Waals surface area contributed by atoms with Gasteiger partial charge in [0.15, 0.2) is 0 Å². The highest BCUT2D eigenvalue weighted by molar-refractivity contribution is 5.75. The van der Waals surface area contributed by atoms with Crippen LogP contribution >= 0.6 is 0 Å². The maximum Gasteiger partial charge on any atom is 0.223 e. The number of nitrogens with one attached hydrogen (secondary N) is 1. The first-order chi connectivity index (χ1) is 8.58. The predicted molar refractivity (Wildman–Crippen MR) is 67.7 cm³/mol. The Hall–Kier alpha value is -1.75. The Morgan fingerprint density at radius 2 is 2.33 bits per heavy atom. The molecule has 18 heavy (non-hydrogen) atoms. The lowest BCUT2D eigenvalue weighted by Gasteiger charge is -2.13. The fourth-order valence-corrected chi connectivity index (χ4v) is 1.94. The number of aromatic hydroxyl groups is 1. The Labute approximate surface area is 106 Å². The van der Waals surface area contributed by atoms with E-state index in [1.54, 1.807) is 31.1 Å². The van der Waals surface area contributed by atoms with Crippen molar-refractivity contribution in [2.45, 2.75) is 12.5 Å². The van der Waals surface area contributed by atoms with E-state index in [2.05, 4.69) is 5.32 Å². The minimum absolute atomic E-state index is 0.0931. The van der Waals surface area contributed by atoms with Crippen LogP contribution in [0.4, 0.5) is 0 Å². The zero-order chi connectivity index (χ0) is 13.1. The summed E-state index contributed by atoms with van der Waals surface area (Å²) >= 11 is 0. The molecule has 2 rings (SSSR count). The lowest BCUT2D eigenvalue weighted by molar-refractivity contribution is -0.128. The van der Waals surface area contributed by atoms with Crippen molar-refractivity contribution in [3.63, 3.8) is 0 Å². The molecule has 0 aliphatic carbocycles. The molecule has 0 spiro atoms. The van der Waals surface area contributed by atoms with Crippen LogP contribution in [0.3, 0.4) is 0 Å². The summed E-state index contributed by atoms with van der Waals surface area (Å²) in [5.41, 5.74) is 1.03. The molecule has 0 bridgehead atoms. The van der Waals surface area contributed by atoms with Crippen molar-refractivity contribution < 1.29 is 14.6 Å². The number of hydrogen-bond donors (Lipinski definition) is 2. The average Bonchev–Trinajstić information content (AvgIpc) is 2.71. The van der Waals surface area contributed by atoms with Crippen LogP contribution in [0.2, 0.25) is 0 Å². The number of carbonyl (C=O) groups excluding carboxylic acids is 1. The number of ether oxygens (including phenoxy) is 1. The molecule has 1 amide bonds. The molecular weight excluding hydrogens is 232 g/mol. The maximum atomic E-state index is 11.4. The summed E-state index contributed by atoms with van der Waals surface area (Å²) in [6, 6.07) is 5.20. The molecule has 1 aliphatic heterocycles. The number of phenols is 1. The number of nitrogens with zero attached hydrogens (tertiary/aromatic N) is 1. The Morgan fingerprint density at radius 3 is 3.06 bits per heavy atom. The van der Waals surface area contributed by atoms with Gasteiger partial charge in [0.1, 0.15) is 18.1 Å². The van der Waals surface area contributed by atoms with Gasteiger partial charge in [-0.25, -0.2) is 0 Å². The van der Waals surface area contributed by atoms with E-state index >= 15 is 0 Å². The highest BCUT2D eigenvalue weighted by Gasteiger charge is 2.23. The van der Waals surface area contributed by atoms with Gasteiger partial charge in [-0.2, -0.15) is 0 Å². The van der Waals surface area contributed by atoms with E-state index in [-0.39, 0.29) is 17.7 Å². The van der Waals surface area contributed by atoms with Crippen LogP contribution in [0.25, 0.3) is 0 Å². The van der Waals surface area contributed by atoms with E-state index in [0.717, 1.165) is 5.56 Å². The molecule has 5 heteroatoms. The highest BCUT2D eigenvalue weighted by atomic mass is 16.5. The van der Waals surface area contributed by atoms with Gasteiger partial charge >= 0.3 is 0 Å². The zero-order valence-electron chi connectivity index (χ0n) is 10.6. The smallest absolute Gasteiger partial charge is 0.223 e. The second kappa shape index (κ2) is 5.27. The SMILES string of the molecule is CN(C)C(=O)CCNC1COc2cc(O)ccc21. The van der Waals surface area contributed by atoms with E-state index in [9.17, 15) is 9.90 Å². The Kier molecular flexibility index (Phi) is 3.72. The van der Waals surface area contributed by atoms with Gasteiger partial charge in [0.25, 0.3) is 0 Å². The quantitative estimate of drug-likeness (QED) is 0.833. The molecular formula is C13H18N2O3. The number of benzene rings is 1. The summed E-state index contributed by atoms with van der Waals surface area (Å²) in [5, 5.41) is 12.6. The third kappa shape index (κ3) is 2.73. The van der Waals surface area contributed by atoms with Gasteiger partial charge in [-0.15, -0.1) is 0 Å². The molecule has 1 unspecified atom stereocenters. The fourth-order valence-electron chi connectivity index (χ4n) is 1.94. The predicted octanol–water partition coefficient (Wildman–Crippen LogP) is 0.894. The van der Waals surface area contributed by atoms with E-state index in [4.69, 9.17) is 4.74 Å². The second-order valence-corrected chi connectivity index (χ2v) is 4.58. The molecule has 1 atom stereocenters. The molecule has 1 aliphatic rings. The van der Waals surface area contributed by atoms with Gasteiger partial charge in [0.2, 0.25) is 5.91 Å². The lowest BCUT2D eigenvalue weighted by atomic mass is 10.1. The first kappa shape index (κ1) is 12.7. The van der Waals surface area contributed by atoms with Crippen LogP contribution in [0.15, 0.2) is 18.2 Å². The minimum atomic E-state index is 0.0931. The molecule has 1 aromatic carbocycles. The molecule has 1 aromatic rings. The molecule has 0 fully saturated rings. The zero-order valence-corrected chi connectivity index (χ0v) is 10.6. The van der Waals surface area contributed by atoms with E-state index < -0.39 is 0 Å². The van der Waals surface area contributed by atoms with Crippen LogP contribution < -0.4 is 10.1 Å². The summed E-state index contributed by atoms with van der Waals surface area (Å²) in [4.78, 5) is 13.0. The monoisotopic (exact) mass is 250 g/mol. The van der Waals surface area contributed by atoms with Crippen molar-refractivity contribution >= 4 is 5.91 Å². The van der Waals surface area contributed by atoms with Crippen LogP contribution in [0, 0.1) is 0 Å². The molecule has 98 valence electrons. The lowest BCUT2D eigenvalue weighted by Crippen LogP contribution is -2.29. The first-order valence-electron chi connectivity index (χ1n) is 5.97. The van der Waals surface area contributed by atoms with Crippen molar-refractivity contribution in [2.24, 2.45) is 0 Å². The molecule has 0 radical (unpaired) electrons. The van der Waals surface area contributed by atoms with Gasteiger partial charge in [-0.1, -0.05) is 0 Å². The number of hydrogen-bond acceptors (Lipinski definition) is 4. The van der Waals surface area contributed by atoms with Crippen LogP contribution in [-0.2, 0) is 4.79 Å². The van der Waals surface area contributed by atoms with Crippen molar-refractivity contribution in [1.29, 1.82) is 0 Å². The number of phenolic OH excluding ortho intramolecular Hbond substituents is 1. The Morgan fingerprint density at radius 1 is 1.56 bits per heavy atom. The average molecular weight is 250 g/mol. The maximum absolute atomic E-state index is 11.4. The van der Waals surface area contributed by atoms with Crippen LogP contribution in [0.1, 0.15) is 18.0 Å². The van der Waals surface area contributed by atoms with Gasteiger partial charge in [0.05, 0.1) is 6.04 Å². The van der Waals surface area contributed by atoms with Crippen molar-refractivity contribution in [3.05, 3.63) is 23.8 Å². The molecule has 0 saturated carbocycles. The first-order valence-corrected chi connectivity index (χ1v) is 5.97. The fraction of sp³-hybridized carbons (Fsp3) is 0.462. The van der Waals surface area contributed by atoms with Crippen LogP contribution in [-0.4, -0.2) is 43.2 Å². The summed E-state index contributed by atoms with van der Waals surface area (Å²) in [5.74, 6) is 1.02. The van der Waals surface area contributed by atoms with Gasteiger partial charge in [-0.05, 0) is 12.1 Å². The summed E-state index contributed by atoms with van der Waals surface area (Å²) < 4.78 is 5.48. The number of fused-ring (bicyclic) bond motifs is 1. The summed E-state index contributed by atoms with van der Waals surface area (Å²) in [6.07, 6.45) is 0.469. The van der Waals surface area contributed by atoms with Crippen molar-refractivity contribution in [3.8, 4) is 11.5 Å². The standard InChI is InChI=1S/C13H18N2O3/c1-15(2)13(17)5-6-14-11-8-18-12-7-9(16)3-4-10(11)12/h3-4,7,11,14,16H,5-6,8H2,1-2H3. The molecule has 1 heterocycles. The normalized spacial score (nSPS) is 17.1. The number of amides is 1. The molecule has 0 aromatic heterocycles. The second-order valence-electron chi connectivity index (χ2n) is 4.58. The van der Waals surface area contributed by atoms with Crippen molar-refractivity contribution in [1.82, 2.24) is 10.2 Å². The number of carbonyl (C=O) groups is 1. The van der Waals surface area contributed by atoms with E-state index in [1.165, 1.54) is 0 Å².